The van der Waals surface area contributed by atoms with Gasteiger partial charge in [-0.05, 0) is 71.3 Å². The first kappa shape index (κ1) is 30.4. The molecular weight excluding hydrogens is 560 g/mol. The molecule has 2 aliphatic heterocycles. The molecule has 6 rings (SSSR count). The Kier molecular flexibility index (Phi) is 6.52. The largest absolute Gasteiger partial charge is 0.465 e. The maximum atomic E-state index is 13.6. The minimum Gasteiger partial charge on any atom is -0.465 e. The van der Waals surface area contributed by atoms with Crippen LogP contribution in [0.15, 0.2) is 23.3 Å². The van der Waals surface area contributed by atoms with Gasteiger partial charge < -0.3 is 34.3 Å². The van der Waals surface area contributed by atoms with Crippen molar-refractivity contribution in [2.24, 2.45) is 22.7 Å². The fourth-order valence-electron chi connectivity index (χ4n) is 9.96. The SMILES string of the molecule is CC(=O)OC[C@]12CC[C@H]3[C@@H](C[C@H]4O[C@]45CC=CC(=O)[C@]35C)[C@]1(O)[C@@H](OC(C)=O)C[C@@]2(O)[C@@](C)(O)[C@H]1CC(C)=C(C)C(=O)O1. The van der Waals surface area contributed by atoms with Crippen LogP contribution in [0.25, 0.3) is 0 Å². The lowest BCUT2D eigenvalue weighted by molar-refractivity contribution is -0.302. The number of carbonyl (C=O) groups is 4. The predicted octanol–water partition coefficient (Wildman–Crippen LogP) is 1.84. The van der Waals surface area contributed by atoms with Crippen molar-refractivity contribution in [2.45, 2.75) is 121 Å². The van der Waals surface area contributed by atoms with Crippen LogP contribution < -0.4 is 0 Å². The summed E-state index contributed by atoms with van der Waals surface area (Å²) in [6, 6.07) is 0. The van der Waals surface area contributed by atoms with Crippen LogP contribution in [0.2, 0.25) is 0 Å². The number of aliphatic hydroxyl groups is 3. The molecule has 4 fully saturated rings. The highest BCUT2D eigenvalue weighted by Gasteiger charge is 2.86. The molecule has 11 nitrogen and oxygen atoms in total. The van der Waals surface area contributed by atoms with Crippen LogP contribution in [0, 0.1) is 22.7 Å². The number of fused-ring (bicyclic) bond motifs is 4. The third-order valence-electron chi connectivity index (χ3n) is 12.6. The van der Waals surface area contributed by atoms with Gasteiger partial charge in [-0.25, -0.2) is 4.79 Å². The number of ether oxygens (including phenoxy) is 4. The summed E-state index contributed by atoms with van der Waals surface area (Å²) in [5.74, 6) is -3.27. The molecule has 0 unspecified atom stereocenters. The lowest BCUT2D eigenvalue weighted by Crippen LogP contribution is -2.76. The molecule has 0 aromatic carbocycles. The molecule has 0 aromatic rings. The summed E-state index contributed by atoms with van der Waals surface area (Å²) in [7, 11) is 0. The van der Waals surface area contributed by atoms with Gasteiger partial charge in [0, 0.05) is 32.3 Å². The molecule has 11 atom stereocenters. The summed E-state index contributed by atoms with van der Waals surface area (Å²) in [4.78, 5) is 51.2. The highest BCUT2D eigenvalue weighted by molar-refractivity contribution is 5.98. The van der Waals surface area contributed by atoms with Crippen LogP contribution in [0.3, 0.4) is 0 Å². The maximum absolute atomic E-state index is 13.6. The zero-order chi connectivity index (χ0) is 31.5. The zero-order valence-corrected chi connectivity index (χ0v) is 25.6. The molecule has 236 valence electrons. The zero-order valence-electron chi connectivity index (χ0n) is 25.6. The average Bonchev–Trinajstić information content (AvgIpc) is 3.59. The number of carbonyl (C=O) groups excluding carboxylic acids is 4. The first-order chi connectivity index (χ1) is 19.9. The maximum Gasteiger partial charge on any atom is 0.334 e. The number of cyclic esters (lactones) is 1. The van der Waals surface area contributed by atoms with Crippen molar-refractivity contribution in [1.29, 1.82) is 0 Å². The molecule has 3 N–H and O–H groups in total. The van der Waals surface area contributed by atoms with Gasteiger partial charge in [-0.2, -0.15) is 0 Å². The molecule has 4 aliphatic carbocycles. The van der Waals surface area contributed by atoms with E-state index in [-0.39, 0.29) is 24.7 Å². The Labute approximate surface area is 250 Å². The smallest absolute Gasteiger partial charge is 0.334 e. The van der Waals surface area contributed by atoms with Crippen LogP contribution in [0.1, 0.15) is 80.1 Å². The van der Waals surface area contributed by atoms with Crippen molar-refractivity contribution in [3.8, 4) is 0 Å². The summed E-state index contributed by atoms with van der Waals surface area (Å²) in [6.45, 7) is 8.49. The predicted molar refractivity (Wildman–Crippen MR) is 148 cm³/mol. The summed E-state index contributed by atoms with van der Waals surface area (Å²) >= 11 is 0. The van der Waals surface area contributed by atoms with Gasteiger partial charge >= 0.3 is 17.9 Å². The second kappa shape index (κ2) is 9.22. The van der Waals surface area contributed by atoms with E-state index in [4.69, 9.17) is 18.9 Å². The second-order valence-corrected chi connectivity index (χ2v) is 14.2. The van der Waals surface area contributed by atoms with E-state index < -0.39 is 88.2 Å². The third-order valence-corrected chi connectivity index (χ3v) is 12.6. The number of hydrogen-bond acceptors (Lipinski definition) is 11. The highest BCUT2D eigenvalue weighted by Crippen LogP contribution is 2.75. The van der Waals surface area contributed by atoms with Crippen molar-refractivity contribution in [1.82, 2.24) is 0 Å². The Bertz CT molecular complexity index is 1360. The van der Waals surface area contributed by atoms with Gasteiger partial charge in [0.05, 0.1) is 16.9 Å². The van der Waals surface area contributed by atoms with Gasteiger partial charge in [0.25, 0.3) is 0 Å². The molecule has 6 aliphatic rings. The Hall–Kier alpha value is -2.60. The van der Waals surface area contributed by atoms with Gasteiger partial charge in [-0.15, -0.1) is 0 Å². The van der Waals surface area contributed by atoms with Crippen LogP contribution in [-0.2, 0) is 38.1 Å². The molecule has 43 heavy (non-hydrogen) atoms. The molecule has 1 spiro atoms. The minimum atomic E-state index is -2.28. The van der Waals surface area contributed by atoms with Gasteiger partial charge in [-0.3, -0.25) is 14.4 Å². The van der Waals surface area contributed by atoms with E-state index in [9.17, 15) is 34.5 Å². The topological polar surface area (TPSA) is 169 Å². The summed E-state index contributed by atoms with van der Waals surface area (Å²) in [5.41, 5.74) is -8.89. The van der Waals surface area contributed by atoms with E-state index in [1.165, 1.54) is 20.8 Å². The van der Waals surface area contributed by atoms with E-state index >= 15 is 0 Å². The van der Waals surface area contributed by atoms with Gasteiger partial charge in [0.2, 0.25) is 0 Å². The van der Waals surface area contributed by atoms with E-state index in [0.29, 0.717) is 30.4 Å². The lowest BCUT2D eigenvalue weighted by atomic mass is 9.42. The highest BCUT2D eigenvalue weighted by atomic mass is 16.6. The van der Waals surface area contributed by atoms with Crippen molar-refractivity contribution >= 4 is 23.7 Å². The number of ketones is 1. The Morgan fingerprint density at radius 3 is 2.47 bits per heavy atom. The Morgan fingerprint density at radius 2 is 1.84 bits per heavy atom. The third kappa shape index (κ3) is 3.56. The molecule has 11 heteroatoms. The monoisotopic (exact) mass is 602 g/mol. The minimum absolute atomic E-state index is 0.0181. The van der Waals surface area contributed by atoms with Crippen molar-refractivity contribution in [3.05, 3.63) is 23.3 Å². The first-order valence-corrected chi connectivity index (χ1v) is 15.2. The number of esters is 3. The van der Waals surface area contributed by atoms with Gasteiger partial charge in [-0.1, -0.05) is 11.6 Å². The molecule has 0 radical (unpaired) electrons. The molecule has 2 heterocycles. The number of hydrogen-bond donors (Lipinski definition) is 3. The summed E-state index contributed by atoms with van der Waals surface area (Å²) in [6.07, 6.45) is 1.40. The standard InChI is InChI=1S/C32H42O11/c1-16-12-23(42-26(36)17(16)2)28(6,37)31(38)14-25(41-19(4)34)32(39)21-13-24-30(43-24)10-7-8-22(35)27(30,5)20(21)9-11-29(31,32)15-40-18(3)33/h7-8,20-21,23-25,37-39H,9-15H2,1-6H3/t20-,21+,23+,24+,25-,27-,28-,29-,30+,31+,32-/m0/s1. The lowest BCUT2D eigenvalue weighted by Gasteiger charge is -2.64. The van der Waals surface area contributed by atoms with Crippen LogP contribution in [-0.4, -0.2) is 86.3 Å². The number of rotatable bonds is 5. The van der Waals surface area contributed by atoms with E-state index in [2.05, 4.69) is 0 Å². The molecule has 0 amide bonds. The summed E-state index contributed by atoms with van der Waals surface area (Å²) < 4.78 is 23.3. The molecule has 0 aromatic heterocycles. The fraction of sp³-hybridized carbons (Fsp3) is 0.750. The van der Waals surface area contributed by atoms with Crippen molar-refractivity contribution in [3.63, 3.8) is 0 Å². The second-order valence-electron chi connectivity index (χ2n) is 14.2. The average molecular weight is 603 g/mol. The molecule has 1 saturated heterocycles. The normalized spacial score (nSPS) is 47.8. The van der Waals surface area contributed by atoms with E-state index in [0.717, 1.165) is 0 Å². The van der Waals surface area contributed by atoms with Crippen molar-refractivity contribution < 1.29 is 53.4 Å². The van der Waals surface area contributed by atoms with E-state index in [1.807, 2.05) is 13.0 Å². The first-order valence-electron chi connectivity index (χ1n) is 15.2. The number of epoxide rings is 1. The molecule has 3 saturated carbocycles. The van der Waals surface area contributed by atoms with Crippen molar-refractivity contribution in [2.75, 3.05) is 6.61 Å². The summed E-state index contributed by atoms with van der Waals surface area (Å²) in [5, 5.41) is 38.5. The molecular formula is C32H42O11. The van der Waals surface area contributed by atoms with Crippen LogP contribution in [0.5, 0.6) is 0 Å². The van der Waals surface area contributed by atoms with Crippen LogP contribution in [0.4, 0.5) is 0 Å². The van der Waals surface area contributed by atoms with Crippen LogP contribution >= 0.6 is 0 Å². The van der Waals surface area contributed by atoms with Gasteiger partial charge in [0.15, 0.2) is 5.78 Å². The Morgan fingerprint density at radius 1 is 1.14 bits per heavy atom. The molecule has 0 bridgehead atoms. The number of allylic oxidation sites excluding steroid dienone is 1. The van der Waals surface area contributed by atoms with Gasteiger partial charge in [0.1, 0.15) is 41.2 Å². The fourth-order valence-corrected chi connectivity index (χ4v) is 9.96. The quantitative estimate of drug-likeness (QED) is 0.238. The van der Waals surface area contributed by atoms with E-state index in [1.54, 1.807) is 19.9 Å². The Balaban J connectivity index is 1.53.